The molecule has 0 saturated carbocycles. The Morgan fingerprint density at radius 3 is 3.17 bits per heavy atom. The molecule has 0 aromatic rings. The van der Waals surface area contributed by atoms with Gasteiger partial charge in [0.2, 0.25) is 0 Å². The van der Waals surface area contributed by atoms with Crippen molar-refractivity contribution >= 4 is 17.7 Å². The number of halogens is 1. The fraction of sp³-hybridized carbons (Fsp3) is 0.857. The average Bonchev–Trinajstić information content (AvgIpc) is 2.48. The van der Waals surface area contributed by atoms with Crippen LogP contribution in [0.2, 0.25) is 0 Å². The zero-order chi connectivity index (χ0) is 8.97. The van der Waals surface area contributed by atoms with E-state index in [-0.39, 0.29) is 5.37 Å². The standard InChI is InChI=1S/C7H13INO2S/c1-8-2-3-9-4-5-12-6(9)7(10)11/h6H,2-5H2,1H3,(H,10,11)/q-1. The van der Waals surface area contributed by atoms with Crippen molar-refractivity contribution in [1.82, 2.24) is 4.90 Å². The molecule has 3 nitrogen and oxygen atoms in total. The second kappa shape index (κ2) is 5.29. The Hall–Kier alpha value is 0.510. The molecule has 1 unspecified atom stereocenters. The van der Waals surface area contributed by atoms with Crippen LogP contribution in [0.15, 0.2) is 0 Å². The van der Waals surface area contributed by atoms with Crippen molar-refractivity contribution in [3.05, 3.63) is 0 Å². The van der Waals surface area contributed by atoms with E-state index < -0.39 is 5.97 Å². The molecule has 1 N–H and O–H groups in total. The van der Waals surface area contributed by atoms with E-state index >= 15 is 0 Å². The number of alkyl halides is 2. The molecule has 1 atom stereocenters. The minimum atomic E-state index is -0.674. The average molecular weight is 302 g/mol. The molecule has 0 amide bonds. The normalized spacial score (nSPS) is 24.9. The summed E-state index contributed by atoms with van der Waals surface area (Å²) in [7, 11) is 0. The van der Waals surface area contributed by atoms with E-state index in [1.165, 1.54) is 4.43 Å². The first-order valence-electron chi connectivity index (χ1n) is 3.78. The number of carboxylic acids is 1. The zero-order valence-corrected chi connectivity index (χ0v) is 9.97. The van der Waals surface area contributed by atoms with Crippen molar-refractivity contribution in [3.63, 3.8) is 0 Å². The van der Waals surface area contributed by atoms with E-state index in [1.54, 1.807) is 11.8 Å². The van der Waals surface area contributed by atoms with Crippen LogP contribution in [0, 0.1) is 0 Å². The van der Waals surface area contributed by atoms with Gasteiger partial charge in [-0.2, -0.15) is 0 Å². The van der Waals surface area contributed by atoms with Gasteiger partial charge < -0.3 is 0 Å². The molecule has 5 heteroatoms. The molecule has 1 fully saturated rings. The topological polar surface area (TPSA) is 40.5 Å². The van der Waals surface area contributed by atoms with Gasteiger partial charge in [-0.3, -0.25) is 0 Å². The molecule has 0 aromatic carbocycles. The van der Waals surface area contributed by atoms with Crippen LogP contribution in [-0.2, 0) is 4.79 Å². The predicted octanol–water partition coefficient (Wildman–Crippen LogP) is -2.84. The maximum absolute atomic E-state index is 10.7. The van der Waals surface area contributed by atoms with Crippen molar-refractivity contribution in [3.8, 4) is 0 Å². The summed E-state index contributed by atoms with van der Waals surface area (Å²) in [6.07, 6.45) is 0. The summed E-state index contributed by atoms with van der Waals surface area (Å²) in [5, 5.41) is 8.57. The van der Waals surface area contributed by atoms with Crippen molar-refractivity contribution in [2.24, 2.45) is 0 Å². The summed E-state index contributed by atoms with van der Waals surface area (Å²) in [6, 6.07) is 0. The Kier molecular flexibility index (Phi) is 4.66. The van der Waals surface area contributed by atoms with Crippen molar-refractivity contribution in [2.45, 2.75) is 5.37 Å². The number of hydrogen-bond acceptors (Lipinski definition) is 3. The van der Waals surface area contributed by atoms with Gasteiger partial charge in [-0.05, 0) is 0 Å². The van der Waals surface area contributed by atoms with Crippen molar-refractivity contribution in [1.29, 1.82) is 0 Å². The number of nitrogens with zero attached hydrogens (tertiary/aromatic N) is 1. The number of thioether (sulfide) groups is 1. The van der Waals surface area contributed by atoms with Crippen LogP contribution in [0.3, 0.4) is 0 Å². The van der Waals surface area contributed by atoms with Gasteiger partial charge in [0.25, 0.3) is 0 Å². The Bertz CT molecular complexity index is 167. The van der Waals surface area contributed by atoms with Gasteiger partial charge in [-0.25, -0.2) is 0 Å². The van der Waals surface area contributed by atoms with Crippen molar-refractivity contribution < 1.29 is 31.1 Å². The molecular weight excluding hydrogens is 289 g/mol. The number of carbonyl (C=O) groups is 1. The zero-order valence-electron chi connectivity index (χ0n) is 6.99. The van der Waals surface area contributed by atoms with Crippen molar-refractivity contribution in [2.75, 3.05) is 28.2 Å². The maximum atomic E-state index is 10.7. The Labute approximate surface area is 87.1 Å². The molecule has 1 aliphatic heterocycles. The van der Waals surface area contributed by atoms with Gasteiger partial charge in [0.05, 0.1) is 0 Å². The van der Waals surface area contributed by atoms with E-state index in [0.29, 0.717) is 21.2 Å². The summed E-state index contributed by atoms with van der Waals surface area (Å²) in [4.78, 5) is 15.0. The van der Waals surface area contributed by atoms with Crippen LogP contribution in [0.25, 0.3) is 0 Å². The van der Waals surface area contributed by atoms with Gasteiger partial charge in [0.15, 0.2) is 0 Å². The molecule has 0 bridgehead atoms. The summed E-state index contributed by atoms with van der Waals surface area (Å²) in [5.74, 6) is 0.297. The summed E-state index contributed by atoms with van der Waals surface area (Å²) < 4.78 is 1.21. The first kappa shape index (κ1) is 10.6. The van der Waals surface area contributed by atoms with E-state index in [2.05, 4.69) is 9.83 Å². The van der Waals surface area contributed by atoms with Gasteiger partial charge in [-0.15, -0.1) is 0 Å². The van der Waals surface area contributed by atoms with Crippen LogP contribution in [0.5, 0.6) is 0 Å². The predicted molar refractivity (Wildman–Crippen MR) is 46.2 cm³/mol. The molecule has 1 rings (SSSR count). The quantitative estimate of drug-likeness (QED) is 0.449. The van der Waals surface area contributed by atoms with E-state index in [4.69, 9.17) is 5.11 Å². The minimum absolute atomic E-state index is 0.263. The van der Waals surface area contributed by atoms with Gasteiger partial charge in [-0.1, -0.05) is 0 Å². The molecule has 0 aliphatic carbocycles. The van der Waals surface area contributed by atoms with E-state index in [1.807, 2.05) is 0 Å². The second-order valence-corrected chi connectivity index (χ2v) is 6.35. The molecule has 1 heterocycles. The molecule has 0 spiro atoms. The molecule has 0 radical (unpaired) electrons. The van der Waals surface area contributed by atoms with Crippen LogP contribution >= 0.6 is 11.8 Å². The molecule has 72 valence electrons. The van der Waals surface area contributed by atoms with E-state index in [9.17, 15) is 4.79 Å². The molecular formula is C7H13INO2S-. The van der Waals surface area contributed by atoms with Crippen LogP contribution in [0.4, 0.5) is 0 Å². The third-order valence-corrected chi connectivity index (χ3v) is 4.55. The Morgan fingerprint density at radius 2 is 2.58 bits per heavy atom. The summed E-state index contributed by atoms with van der Waals surface area (Å²) in [6.45, 7) is 1.93. The van der Waals surface area contributed by atoms with E-state index in [0.717, 1.165) is 18.8 Å². The van der Waals surface area contributed by atoms with Gasteiger partial charge >= 0.3 is 87.3 Å². The first-order valence-corrected chi connectivity index (χ1v) is 8.51. The third-order valence-electron chi connectivity index (χ3n) is 1.76. The molecule has 1 aliphatic rings. The molecule has 12 heavy (non-hydrogen) atoms. The summed E-state index contributed by atoms with van der Waals surface area (Å²) in [5.41, 5.74) is 0. The second-order valence-electron chi connectivity index (χ2n) is 2.55. The Balaban J connectivity index is 2.35. The number of aliphatic carboxylic acids is 1. The van der Waals surface area contributed by atoms with Gasteiger partial charge in [0, 0.05) is 0 Å². The van der Waals surface area contributed by atoms with Crippen LogP contribution in [0.1, 0.15) is 0 Å². The Morgan fingerprint density at radius 1 is 1.83 bits per heavy atom. The van der Waals surface area contributed by atoms with Crippen LogP contribution < -0.4 is 21.2 Å². The number of hydrogen-bond donors (Lipinski definition) is 1. The summed E-state index contributed by atoms with van der Waals surface area (Å²) >= 11 is 1.85. The monoisotopic (exact) mass is 302 g/mol. The first-order chi connectivity index (χ1) is 5.75. The molecule has 0 aromatic heterocycles. The number of rotatable bonds is 4. The van der Waals surface area contributed by atoms with Crippen LogP contribution in [-0.4, -0.2) is 49.6 Å². The SMILES string of the molecule is C[I-]CCN1CCSC1C(=O)O. The third kappa shape index (κ3) is 2.77. The fourth-order valence-corrected chi connectivity index (χ4v) is 3.38. The number of carboxylic acid groups (broad SMARTS) is 1. The molecule has 1 saturated heterocycles. The fourth-order valence-electron chi connectivity index (χ4n) is 1.15. The van der Waals surface area contributed by atoms with Gasteiger partial charge in [0.1, 0.15) is 0 Å².